The van der Waals surface area contributed by atoms with Crippen LogP contribution < -0.4 is 27.4 Å². The number of alkyl halides is 1. The van der Waals surface area contributed by atoms with E-state index in [1.165, 1.54) is 59.8 Å². The maximum Gasteiger partial charge on any atom is 0.394 e. The number of amides is 5. The molecule has 4 atom stereocenters. The fraction of sp³-hybridized carbons (Fsp3) is 0.317. The number of aromatic nitrogens is 2. The summed E-state index contributed by atoms with van der Waals surface area (Å²) in [6.07, 6.45) is 9.44. The van der Waals surface area contributed by atoms with Gasteiger partial charge in [-0.25, -0.2) is 4.79 Å². The molecule has 6 rings (SSSR count). The van der Waals surface area contributed by atoms with Gasteiger partial charge >= 0.3 is 23.7 Å². The van der Waals surface area contributed by atoms with Gasteiger partial charge in [-0.2, -0.15) is 0 Å². The number of benzene rings is 2. The molecule has 18 heteroatoms. The second-order valence-corrected chi connectivity index (χ2v) is 15.6. The smallest absolute Gasteiger partial charge is 0.394 e. The Kier molecular flexibility index (Phi) is 18.5. The van der Waals surface area contributed by atoms with Gasteiger partial charge in [-0.1, -0.05) is 70.0 Å². The summed E-state index contributed by atoms with van der Waals surface area (Å²) in [7, 11) is -1.00. The van der Waals surface area contributed by atoms with Gasteiger partial charge in [0.2, 0.25) is 11.8 Å². The first-order valence-corrected chi connectivity index (χ1v) is 19.9. The van der Waals surface area contributed by atoms with E-state index in [0.717, 1.165) is 35.3 Å². The first-order chi connectivity index (χ1) is 28.5. The summed E-state index contributed by atoms with van der Waals surface area (Å²) in [6, 6.07) is 19.4. The fourth-order valence-corrected chi connectivity index (χ4v) is 7.06. The van der Waals surface area contributed by atoms with Crippen molar-refractivity contribution in [2.24, 2.45) is 23.3 Å². The van der Waals surface area contributed by atoms with Crippen molar-refractivity contribution in [2.75, 3.05) is 30.9 Å². The molecule has 2 saturated heterocycles. The van der Waals surface area contributed by atoms with Crippen molar-refractivity contribution < 1.29 is 39.6 Å². The quantitative estimate of drug-likeness (QED) is 0.120. The molecule has 2 aromatic carbocycles. The Morgan fingerprint density at radius 1 is 0.780 bits per heavy atom. The zero-order chi connectivity index (χ0) is 44.4. The number of piperidine rings is 2. The molecule has 0 radical (unpaired) electrons. The molecule has 2 aliphatic heterocycles. The van der Waals surface area contributed by atoms with Crippen LogP contribution in [0.1, 0.15) is 84.8 Å². The molecule has 59 heavy (non-hydrogen) atoms. The summed E-state index contributed by atoms with van der Waals surface area (Å²) in [5.41, 5.74) is 13.2. The van der Waals surface area contributed by atoms with Crippen molar-refractivity contribution in [1.82, 2.24) is 20.2 Å². The van der Waals surface area contributed by atoms with E-state index in [4.69, 9.17) is 17.9 Å². The SMILES string of the molecule is C[C@@H]1CC[C@@H](c2cccc(Br)c2)N(C(=O)C(=O)Nc2cncc(C(N)=O)c2)C1.C[C@@H]1CC[C@@H](c2cccc(Br)c2)NC1.NC(=O)c1cncc(NC(=O)C(=O)O)c1.[2H]CF. The second-order valence-electron chi connectivity index (χ2n) is 13.8. The lowest BCUT2D eigenvalue weighted by Gasteiger charge is -2.38. The predicted octanol–water partition coefficient (Wildman–Crippen LogP) is 6.18. The number of pyridine rings is 2. The Morgan fingerprint density at radius 3 is 1.78 bits per heavy atom. The summed E-state index contributed by atoms with van der Waals surface area (Å²) in [4.78, 5) is 77.6. The Hall–Kier alpha value is -5.59. The van der Waals surface area contributed by atoms with Crippen LogP contribution in [0.5, 0.6) is 0 Å². The van der Waals surface area contributed by atoms with Crippen LogP contribution in [0.25, 0.3) is 0 Å². The number of nitrogens with zero attached hydrogens (tertiary/aromatic N) is 3. The van der Waals surface area contributed by atoms with Crippen molar-refractivity contribution in [3.8, 4) is 0 Å². The monoisotopic (exact) mass is 941 g/mol. The molecule has 8 N–H and O–H groups in total. The van der Waals surface area contributed by atoms with Crippen molar-refractivity contribution in [3.63, 3.8) is 0 Å². The first kappa shape index (κ1) is 46.1. The average molecular weight is 944 g/mol. The maximum atomic E-state index is 12.9. The molecular weight excluding hydrogens is 895 g/mol. The summed E-state index contributed by atoms with van der Waals surface area (Å²) in [5, 5.41) is 16.4. The predicted molar refractivity (Wildman–Crippen MR) is 228 cm³/mol. The normalized spacial score (nSPS) is 18.3. The second kappa shape index (κ2) is 23.7. The lowest BCUT2D eigenvalue weighted by molar-refractivity contribution is -0.147. The first-order valence-electron chi connectivity index (χ1n) is 19.0. The topological polar surface area (TPSA) is 240 Å². The van der Waals surface area contributed by atoms with Crippen molar-refractivity contribution in [1.29, 1.82) is 0 Å². The number of hydrogen-bond donors (Lipinski definition) is 6. The number of nitrogens with one attached hydrogen (secondary N) is 3. The van der Waals surface area contributed by atoms with Gasteiger partial charge in [0.05, 0.1) is 49.5 Å². The minimum absolute atomic E-state index is 0.0817. The van der Waals surface area contributed by atoms with Crippen LogP contribution in [0.2, 0.25) is 0 Å². The van der Waals surface area contributed by atoms with Gasteiger partial charge in [0, 0.05) is 33.9 Å². The van der Waals surface area contributed by atoms with E-state index in [-0.39, 0.29) is 28.5 Å². The molecule has 0 aliphatic carbocycles. The Bertz CT molecular complexity index is 2130. The number of carboxylic acids is 1. The molecular formula is C41H47Br2FN8O7. The van der Waals surface area contributed by atoms with E-state index in [1.807, 2.05) is 29.6 Å². The van der Waals surface area contributed by atoms with Crippen LogP contribution in [0.3, 0.4) is 0 Å². The lowest BCUT2D eigenvalue weighted by atomic mass is 9.90. The molecule has 0 bridgehead atoms. The molecule has 2 aromatic heterocycles. The number of nitrogens with two attached hydrogens (primary N) is 2. The number of carbonyl (C=O) groups excluding carboxylic acids is 5. The summed E-state index contributed by atoms with van der Waals surface area (Å²) >= 11 is 6.97. The molecule has 4 aromatic rings. The number of carboxylic acid groups (broad SMARTS) is 1. The van der Waals surface area contributed by atoms with E-state index >= 15 is 0 Å². The highest BCUT2D eigenvalue weighted by atomic mass is 79.9. The minimum atomic E-state index is -1.63. The molecule has 314 valence electrons. The molecule has 0 spiro atoms. The third-order valence-electron chi connectivity index (χ3n) is 9.17. The number of carbonyl (C=O) groups is 6. The summed E-state index contributed by atoms with van der Waals surface area (Å²) in [6.45, 7) is 6.03. The van der Waals surface area contributed by atoms with Gasteiger partial charge in [-0.15, -0.1) is 0 Å². The lowest BCUT2D eigenvalue weighted by Crippen LogP contribution is -2.46. The van der Waals surface area contributed by atoms with Crippen molar-refractivity contribution in [3.05, 3.63) is 117 Å². The van der Waals surface area contributed by atoms with E-state index in [2.05, 4.69) is 90.6 Å². The van der Waals surface area contributed by atoms with Gasteiger partial charge in [-0.05, 0) is 91.6 Å². The van der Waals surface area contributed by atoms with E-state index < -0.39 is 42.7 Å². The number of likely N-dealkylation sites (tertiary alicyclic amines) is 1. The van der Waals surface area contributed by atoms with Crippen LogP contribution >= 0.6 is 31.9 Å². The van der Waals surface area contributed by atoms with Crippen molar-refractivity contribution in [2.45, 2.75) is 51.6 Å². The number of halogens is 3. The largest absolute Gasteiger partial charge is 0.474 e. The van der Waals surface area contributed by atoms with E-state index in [1.54, 1.807) is 4.90 Å². The standard InChI is InChI=1S/C20H21BrN4O3.C12H16BrN.C8H7N3O4.CH3F/c1-12-5-6-17(13-3-2-4-15(21)7-13)25(11-12)20(28)19(27)24-16-8-14(18(22)26)9-23-10-16;1-9-5-6-12(14-8-9)10-3-2-4-11(13)7-10;9-6(12)4-1-5(3-10-2-4)11-7(13)8(14)15;1-2/h2-4,7-10,12,17H,5-6,11H2,1H3,(H2,22,26)(H,24,27);2-4,7,9,12,14H,5-6,8H2,1H3;1-3H,(H2,9,12)(H,11,13)(H,14,15);1H3/t12-,17+;9-,12+;;/m11../s1/i;;;1D. The number of anilines is 2. The van der Waals surface area contributed by atoms with Crippen LogP contribution in [0.15, 0.2) is 94.4 Å². The minimum Gasteiger partial charge on any atom is -0.474 e. The molecule has 0 unspecified atom stereocenters. The molecule has 5 amide bonds. The Morgan fingerprint density at radius 2 is 1.29 bits per heavy atom. The summed E-state index contributed by atoms with van der Waals surface area (Å²) < 4.78 is 17.6. The van der Waals surface area contributed by atoms with Gasteiger partial charge in [0.25, 0.3) is 0 Å². The number of primary amides is 2. The Labute approximate surface area is 359 Å². The van der Waals surface area contributed by atoms with E-state index in [9.17, 15) is 33.2 Å². The van der Waals surface area contributed by atoms with Gasteiger partial charge in [0.15, 0.2) is 0 Å². The number of aliphatic carboxylic acids is 1. The van der Waals surface area contributed by atoms with Gasteiger partial charge in [-0.3, -0.25) is 38.3 Å². The molecule has 4 heterocycles. The number of hydrogen-bond acceptors (Lipinski definition) is 9. The van der Waals surface area contributed by atoms with E-state index in [0.29, 0.717) is 18.5 Å². The van der Waals surface area contributed by atoms with Gasteiger partial charge in [0.1, 0.15) is 0 Å². The highest BCUT2D eigenvalue weighted by Gasteiger charge is 2.34. The molecule has 2 aliphatic rings. The van der Waals surface area contributed by atoms with Crippen LogP contribution in [-0.4, -0.2) is 75.7 Å². The Balaban J connectivity index is 0.000000253. The summed E-state index contributed by atoms with van der Waals surface area (Å²) in [5.74, 6) is -4.45. The maximum absolute atomic E-state index is 12.9. The zero-order valence-corrected chi connectivity index (χ0v) is 35.5. The van der Waals surface area contributed by atoms with Crippen LogP contribution in [0.4, 0.5) is 15.8 Å². The highest BCUT2D eigenvalue weighted by molar-refractivity contribution is 9.10. The molecule has 2 fully saturated rings. The van der Waals surface area contributed by atoms with Crippen LogP contribution in [0, 0.1) is 11.8 Å². The average Bonchev–Trinajstić information content (AvgIpc) is 3.21. The number of rotatable bonds is 6. The van der Waals surface area contributed by atoms with Crippen molar-refractivity contribution >= 4 is 78.7 Å². The highest BCUT2D eigenvalue weighted by Crippen LogP contribution is 2.34. The fourth-order valence-electron chi connectivity index (χ4n) is 6.23. The molecule has 15 nitrogen and oxygen atoms in total. The molecule has 0 saturated carbocycles. The van der Waals surface area contributed by atoms with Gasteiger partial charge < -0.3 is 37.4 Å². The third-order valence-corrected chi connectivity index (χ3v) is 10.2. The van der Waals surface area contributed by atoms with Crippen LogP contribution in [-0.2, 0) is 19.2 Å². The third kappa shape index (κ3) is 15.3. The zero-order valence-electron chi connectivity index (χ0n) is 33.4.